The van der Waals surface area contributed by atoms with E-state index in [1.54, 1.807) is 13.2 Å². The normalized spacial score (nSPS) is 15.8. The lowest BCUT2D eigenvalue weighted by Crippen LogP contribution is -2.48. The Balaban J connectivity index is 4.15. The van der Waals surface area contributed by atoms with Crippen LogP contribution >= 0.6 is 0 Å². The standard InChI is InChI=1S/C10H20N2O4S/c1-7(5-6-17(4)16)11-10(15)12(3)8(2)9(13)14/h7-8H,5-6H2,1-4H3,(H,11,15)(H,13,14). The van der Waals surface area contributed by atoms with Gasteiger partial charge in [-0.25, -0.2) is 9.59 Å². The Bertz CT molecular complexity index is 309. The van der Waals surface area contributed by atoms with Gasteiger partial charge < -0.3 is 15.3 Å². The minimum absolute atomic E-state index is 0.130. The molecule has 17 heavy (non-hydrogen) atoms. The first-order chi connectivity index (χ1) is 7.75. The molecule has 0 spiro atoms. The predicted octanol–water partition coefficient (Wildman–Crippen LogP) is 0.258. The molecule has 3 unspecified atom stereocenters. The third-order valence-electron chi connectivity index (χ3n) is 2.47. The van der Waals surface area contributed by atoms with E-state index in [-0.39, 0.29) is 6.04 Å². The largest absolute Gasteiger partial charge is 0.480 e. The summed E-state index contributed by atoms with van der Waals surface area (Å²) in [6.45, 7) is 3.23. The second kappa shape index (κ2) is 7.26. The van der Waals surface area contributed by atoms with Gasteiger partial charge >= 0.3 is 12.0 Å². The topological polar surface area (TPSA) is 86.7 Å². The van der Waals surface area contributed by atoms with Crippen molar-refractivity contribution in [2.24, 2.45) is 0 Å². The van der Waals surface area contributed by atoms with Crippen LogP contribution in [0.25, 0.3) is 0 Å². The molecular weight excluding hydrogens is 244 g/mol. The zero-order valence-electron chi connectivity index (χ0n) is 10.6. The Morgan fingerprint density at radius 3 is 2.35 bits per heavy atom. The van der Waals surface area contributed by atoms with Crippen molar-refractivity contribution in [2.45, 2.75) is 32.4 Å². The van der Waals surface area contributed by atoms with Crippen molar-refractivity contribution < 1.29 is 18.9 Å². The number of rotatable bonds is 6. The zero-order chi connectivity index (χ0) is 13.6. The van der Waals surface area contributed by atoms with E-state index in [2.05, 4.69) is 5.32 Å². The molecule has 0 radical (unpaired) electrons. The van der Waals surface area contributed by atoms with Crippen molar-refractivity contribution in [3.63, 3.8) is 0 Å². The Hall–Kier alpha value is -1.11. The monoisotopic (exact) mass is 264 g/mol. The van der Waals surface area contributed by atoms with Crippen LogP contribution in [0.15, 0.2) is 0 Å². The van der Waals surface area contributed by atoms with Crippen molar-refractivity contribution in [1.29, 1.82) is 0 Å². The van der Waals surface area contributed by atoms with Gasteiger partial charge in [0.05, 0.1) is 0 Å². The number of nitrogens with one attached hydrogen (secondary N) is 1. The molecule has 0 rings (SSSR count). The lowest BCUT2D eigenvalue weighted by Gasteiger charge is -2.24. The molecule has 3 atom stereocenters. The molecule has 0 aromatic rings. The Morgan fingerprint density at radius 2 is 1.94 bits per heavy atom. The van der Waals surface area contributed by atoms with Crippen molar-refractivity contribution in [1.82, 2.24) is 10.2 Å². The van der Waals surface area contributed by atoms with Crippen LogP contribution in [0.2, 0.25) is 0 Å². The summed E-state index contributed by atoms with van der Waals surface area (Å²) >= 11 is 0. The maximum absolute atomic E-state index is 11.6. The first-order valence-corrected chi connectivity index (χ1v) is 7.04. The minimum Gasteiger partial charge on any atom is -0.480 e. The minimum atomic E-state index is -1.05. The fraction of sp³-hybridized carbons (Fsp3) is 0.800. The number of carboxylic acids is 1. The quantitative estimate of drug-likeness (QED) is 0.720. The fourth-order valence-electron chi connectivity index (χ4n) is 1.07. The van der Waals surface area contributed by atoms with Crippen molar-refractivity contribution in [3.8, 4) is 0 Å². The number of likely N-dealkylation sites (N-methyl/N-ethyl adjacent to an activating group) is 1. The average molecular weight is 264 g/mol. The number of nitrogens with zero attached hydrogens (tertiary/aromatic N) is 1. The van der Waals surface area contributed by atoms with Crippen LogP contribution in [-0.4, -0.2) is 57.4 Å². The molecular formula is C10H20N2O4S. The maximum atomic E-state index is 11.6. The second-order valence-corrected chi connectivity index (χ2v) is 5.60. The van der Waals surface area contributed by atoms with Gasteiger partial charge in [0, 0.05) is 35.9 Å². The molecule has 2 amide bonds. The highest BCUT2D eigenvalue weighted by Gasteiger charge is 2.22. The van der Waals surface area contributed by atoms with Crippen LogP contribution in [0.3, 0.4) is 0 Å². The summed E-state index contributed by atoms with van der Waals surface area (Å²) < 4.78 is 10.9. The van der Waals surface area contributed by atoms with Gasteiger partial charge in [-0.1, -0.05) is 0 Å². The third-order valence-corrected chi connectivity index (χ3v) is 3.28. The summed E-state index contributed by atoms with van der Waals surface area (Å²) in [6.07, 6.45) is 2.21. The number of carbonyl (C=O) groups is 2. The molecule has 0 aliphatic rings. The lowest BCUT2D eigenvalue weighted by atomic mass is 10.2. The van der Waals surface area contributed by atoms with Crippen molar-refractivity contribution in [3.05, 3.63) is 0 Å². The molecule has 0 saturated heterocycles. The molecule has 7 heteroatoms. The summed E-state index contributed by atoms with van der Waals surface area (Å²) in [5.74, 6) is -0.537. The van der Waals surface area contributed by atoms with Gasteiger partial charge in [0.15, 0.2) is 0 Å². The van der Waals surface area contributed by atoms with E-state index in [4.69, 9.17) is 5.11 Å². The molecule has 0 heterocycles. The fourth-order valence-corrected chi connectivity index (χ4v) is 1.75. The number of urea groups is 1. The van der Waals surface area contributed by atoms with Gasteiger partial charge in [0.2, 0.25) is 0 Å². The molecule has 2 N–H and O–H groups in total. The number of hydrogen-bond donors (Lipinski definition) is 2. The molecule has 0 bridgehead atoms. The molecule has 0 aromatic carbocycles. The number of amides is 2. The van der Waals surface area contributed by atoms with Crippen molar-refractivity contribution >= 4 is 22.8 Å². The highest BCUT2D eigenvalue weighted by atomic mass is 32.2. The zero-order valence-corrected chi connectivity index (χ0v) is 11.4. The van der Waals surface area contributed by atoms with Crippen LogP contribution < -0.4 is 5.32 Å². The smallest absolute Gasteiger partial charge is 0.326 e. The Kier molecular flexibility index (Phi) is 6.79. The van der Waals surface area contributed by atoms with E-state index in [1.807, 2.05) is 0 Å². The molecule has 6 nitrogen and oxygen atoms in total. The summed E-state index contributed by atoms with van der Waals surface area (Å²) in [5, 5.41) is 11.4. The van der Waals surface area contributed by atoms with Crippen molar-refractivity contribution in [2.75, 3.05) is 19.1 Å². The van der Waals surface area contributed by atoms with E-state index in [0.29, 0.717) is 12.2 Å². The van der Waals surface area contributed by atoms with Crippen LogP contribution in [0.1, 0.15) is 20.3 Å². The van der Waals surface area contributed by atoms with Crippen LogP contribution in [0.4, 0.5) is 4.79 Å². The molecule has 0 fully saturated rings. The summed E-state index contributed by atoms with van der Waals surface area (Å²) in [4.78, 5) is 23.4. The number of hydrogen-bond acceptors (Lipinski definition) is 3. The first-order valence-electron chi connectivity index (χ1n) is 5.31. The van der Waals surface area contributed by atoms with E-state index in [1.165, 1.54) is 14.0 Å². The second-order valence-electron chi connectivity index (χ2n) is 4.04. The van der Waals surface area contributed by atoms with Crippen LogP contribution in [0, 0.1) is 0 Å². The van der Waals surface area contributed by atoms with Gasteiger partial charge in [-0.05, 0) is 20.3 Å². The molecule has 0 aliphatic carbocycles. The maximum Gasteiger partial charge on any atom is 0.326 e. The van der Waals surface area contributed by atoms with Gasteiger partial charge in [-0.2, -0.15) is 0 Å². The average Bonchev–Trinajstić information content (AvgIpc) is 2.23. The van der Waals surface area contributed by atoms with Gasteiger partial charge in [-0.15, -0.1) is 0 Å². The highest BCUT2D eigenvalue weighted by Crippen LogP contribution is 1.99. The van der Waals surface area contributed by atoms with Gasteiger partial charge in [-0.3, -0.25) is 4.21 Å². The molecule has 100 valence electrons. The first kappa shape index (κ1) is 15.9. The number of carboxylic acid groups (broad SMARTS) is 1. The van der Waals surface area contributed by atoms with Gasteiger partial charge in [0.1, 0.15) is 6.04 Å². The molecule has 0 saturated carbocycles. The predicted molar refractivity (Wildman–Crippen MR) is 66.4 cm³/mol. The van der Waals surface area contributed by atoms with Crippen LogP contribution in [0.5, 0.6) is 0 Å². The molecule has 0 aromatic heterocycles. The summed E-state index contributed by atoms with van der Waals surface area (Å²) in [7, 11) is 0.543. The van der Waals surface area contributed by atoms with E-state index in [0.717, 1.165) is 4.90 Å². The highest BCUT2D eigenvalue weighted by molar-refractivity contribution is 7.84. The summed E-state index contributed by atoms with van der Waals surface area (Å²) in [5.41, 5.74) is 0. The van der Waals surface area contributed by atoms with E-state index >= 15 is 0 Å². The number of carbonyl (C=O) groups excluding carboxylic acids is 1. The van der Waals surface area contributed by atoms with E-state index < -0.39 is 28.8 Å². The van der Waals surface area contributed by atoms with Gasteiger partial charge in [0.25, 0.3) is 0 Å². The number of aliphatic carboxylic acids is 1. The molecule has 0 aliphatic heterocycles. The Morgan fingerprint density at radius 1 is 1.41 bits per heavy atom. The van der Waals surface area contributed by atoms with E-state index in [9.17, 15) is 13.8 Å². The summed E-state index contributed by atoms with van der Waals surface area (Å²) in [6, 6.07) is -1.44. The van der Waals surface area contributed by atoms with Crippen LogP contribution in [-0.2, 0) is 15.6 Å². The third kappa shape index (κ3) is 6.25. The SMILES string of the molecule is CC(CCS(C)=O)NC(=O)N(C)C(C)C(=O)O. The Labute approximate surface area is 104 Å². The lowest BCUT2D eigenvalue weighted by molar-refractivity contribution is -0.141.